The van der Waals surface area contributed by atoms with Crippen molar-refractivity contribution in [3.8, 4) is 0 Å². The van der Waals surface area contributed by atoms with E-state index < -0.39 is 5.97 Å². The molecule has 5 heteroatoms. The molecule has 1 N–H and O–H groups in total. The third-order valence-corrected chi connectivity index (χ3v) is 3.73. The minimum Gasteiger partial charge on any atom is -0.478 e. The average Bonchev–Trinajstić information content (AvgIpc) is 2.76. The number of nitrogens with zero attached hydrogens (tertiary/aromatic N) is 3. The normalized spacial score (nSPS) is 13.1. The van der Waals surface area contributed by atoms with Gasteiger partial charge in [0.05, 0.1) is 11.1 Å². The molecule has 0 radical (unpaired) electrons. The van der Waals surface area contributed by atoms with E-state index in [9.17, 15) is 9.90 Å². The zero-order valence-corrected chi connectivity index (χ0v) is 12.4. The molecule has 0 aliphatic heterocycles. The number of hydrogen-bond acceptors (Lipinski definition) is 3. The fourth-order valence-corrected chi connectivity index (χ4v) is 2.27. The Balaban J connectivity index is 2.58. The van der Waals surface area contributed by atoms with Crippen LogP contribution in [0.2, 0.25) is 0 Å². The van der Waals surface area contributed by atoms with Crippen molar-refractivity contribution in [3.63, 3.8) is 0 Å². The van der Waals surface area contributed by atoms with Gasteiger partial charge in [-0.05, 0) is 33.2 Å². The van der Waals surface area contributed by atoms with Crippen LogP contribution in [0.1, 0.15) is 30.0 Å². The van der Waals surface area contributed by atoms with Gasteiger partial charge in [-0.1, -0.05) is 13.0 Å². The molecular weight excluding hydrogens is 254 g/mol. The van der Waals surface area contributed by atoms with Gasteiger partial charge in [-0.2, -0.15) is 0 Å². The van der Waals surface area contributed by atoms with E-state index in [1.165, 1.54) is 0 Å². The summed E-state index contributed by atoms with van der Waals surface area (Å²) < 4.78 is 2.13. The molecule has 1 aromatic heterocycles. The molecular formula is C15H21N3O2. The van der Waals surface area contributed by atoms with Crippen LogP contribution in [0, 0.1) is 0 Å². The van der Waals surface area contributed by atoms with Crippen LogP contribution in [0.3, 0.4) is 0 Å². The van der Waals surface area contributed by atoms with Gasteiger partial charge in [0, 0.05) is 19.0 Å². The summed E-state index contributed by atoms with van der Waals surface area (Å²) in [4.78, 5) is 18.0. The highest BCUT2D eigenvalue weighted by atomic mass is 16.4. The second-order valence-corrected chi connectivity index (χ2v) is 5.28. The molecule has 2 rings (SSSR count). The van der Waals surface area contributed by atoms with Gasteiger partial charge in [-0.3, -0.25) is 0 Å². The molecule has 0 amide bonds. The quantitative estimate of drug-likeness (QED) is 0.909. The first-order valence-electron chi connectivity index (χ1n) is 6.83. The first-order valence-corrected chi connectivity index (χ1v) is 6.83. The van der Waals surface area contributed by atoms with Crippen molar-refractivity contribution >= 4 is 17.0 Å². The second-order valence-electron chi connectivity index (χ2n) is 5.28. The molecule has 5 nitrogen and oxygen atoms in total. The maximum absolute atomic E-state index is 11.3. The number of imidazole rings is 1. The van der Waals surface area contributed by atoms with Gasteiger partial charge < -0.3 is 14.6 Å². The van der Waals surface area contributed by atoms with Gasteiger partial charge in [0.1, 0.15) is 11.3 Å². The van der Waals surface area contributed by atoms with Gasteiger partial charge in [0.2, 0.25) is 0 Å². The standard InChI is InChI=1S/C15H21N3O2/c1-5-13-16-14-11(15(19)20)7-6-8-12(14)18(13)9-10(2)17(3)4/h6-8,10H,5,9H2,1-4H3,(H,19,20). The molecule has 1 aromatic carbocycles. The van der Waals surface area contributed by atoms with E-state index >= 15 is 0 Å². The number of carboxylic acid groups (broad SMARTS) is 1. The first-order chi connectivity index (χ1) is 9.45. The van der Waals surface area contributed by atoms with Gasteiger partial charge in [0.15, 0.2) is 0 Å². The Morgan fingerprint density at radius 2 is 2.15 bits per heavy atom. The highest BCUT2D eigenvalue weighted by Crippen LogP contribution is 2.21. The van der Waals surface area contributed by atoms with E-state index in [0.717, 1.165) is 24.3 Å². The molecule has 0 aliphatic rings. The number of hydrogen-bond donors (Lipinski definition) is 1. The summed E-state index contributed by atoms with van der Waals surface area (Å²) in [6.45, 7) is 4.99. The van der Waals surface area contributed by atoms with Crippen LogP contribution in [0.15, 0.2) is 18.2 Å². The smallest absolute Gasteiger partial charge is 0.337 e. The maximum Gasteiger partial charge on any atom is 0.337 e. The van der Waals surface area contributed by atoms with E-state index in [1.54, 1.807) is 12.1 Å². The van der Waals surface area contributed by atoms with Crippen molar-refractivity contribution < 1.29 is 9.90 Å². The van der Waals surface area contributed by atoms with E-state index in [1.807, 2.05) is 27.1 Å². The Kier molecular flexibility index (Phi) is 4.09. The maximum atomic E-state index is 11.3. The minimum atomic E-state index is -0.927. The van der Waals surface area contributed by atoms with Crippen molar-refractivity contribution in [3.05, 3.63) is 29.6 Å². The van der Waals surface area contributed by atoms with Crippen LogP contribution in [0.5, 0.6) is 0 Å². The van der Waals surface area contributed by atoms with Crippen LogP contribution in [0.4, 0.5) is 0 Å². The number of benzene rings is 1. The summed E-state index contributed by atoms with van der Waals surface area (Å²) in [5.41, 5.74) is 1.76. The topological polar surface area (TPSA) is 58.4 Å². The number of aromatic nitrogens is 2. The highest BCUT2D eigenvalue weighted by molar-refractivity contribution is 6.01. The summed E-state index contributed by atoms with van der Waals surface area (Å²) >= 11 is 0. The van der Waals surface area contributed by atoms with Crippen LogP contribution >= 0.6 is 0 Å². The van der Waals surface area contributed by atoms with Gasteiger partial charge >= 0.3 is 5.97 Å². The number of carbonyl (C=O) groups is 1. The van der Waals surface area contributed by atoms with Crippen molar-refractivity contribution in [2.75, 3.05) is 14.1 Å². The number of aromatic carboxylic acids is 1. The predicted octanol–water partition coefficient (Wildman–Crippen LogP) is 2.25. The summed E-state index contributed by atoms with van der Waals surface area (Å²) in [6.07, 6.45) is 0.786. The summed E-state index contributed by atoms with van der Waals surface area (Å²) in [7, 11) is 4.08. The largest absolute Gasteiger partial charge is 0.478 e. The molecule has 1 heterocycles. The number of carboxylic acids is 1. The summed E-state index contributed by atoms with van der Waals surface area (Å²) in [5.74, 6) is 0.00552. The zero-order chi connectivity index (χ0) is 14.9. The van der Waals surface area contributed by atoms with Crippen molar-refractivity contribution in [1.82, 2.24) is 14.5 Å². The van der Waals surface area contributed by atoms with Crippen molar-refractivity contribution in [1.29, 1.82) is 0 Å². The highest BCUT2D eigenvalue weighted by Gasteiger charge is 2.17. The number of rotatable bonds is 5. The first kappa shape index (κ1) is 14.5. The van der Waals surface area contributed by atoms with E-state index in [4.69, 9.17) is 0 Å². The van der Waals surface area contributed by atoms with E-state index in [2.05, 4.69) is 21.4 Å². The summed E-state index contributed by atoms with van der Waals surface area (Å²) in [6, 6.07) is 5.68. The molecule has 1 atom stereocenters. The van der Waals surface area contributed by atoms with Gasteiger partial charge in [0.25, 0.3) is 0 Å². The van der Waals surface area contributed by atoms with Crippen LogP contribution < -0.4 is 0 Å². The lowest BCUT2D eigenvalue weighted by molar-refractivity contribution is 0.0699. The van der Waals surface area contributed by atoms with E-state index in [0.29, 0.717) is 11.6 Å². The molecule has 0 bridgehead atoms. The van der Waals surface area contributed by atoms with Gasteiger partial charge in [-0.25, -0.2) is 9.78 Å². The Bertz CT molecular complexity index is 631. The van der Waals surface area contributed by atoms with Crippen LogP contribution in [-0.2, 0) is 13.0 Å². The number of likely N-dealkylation sites (N-methyl/N-ethyl adjacent to an activating group) is 1. The monoisotopic (exact) mass is 275 g/mol. The zero-order valence-electron chi connectivity index (χ0n) is 12.4. The lowest BCUT2D eigenvalue weighted by atomic mass is 10.2. The fourth-order valence-electron chi connectivity index (χ4n) is 2.27. The molecule has 0 aliphatic carbocycles. The Hall–Kier alpha value is -1.88. The SMILES string of the molecule is CCc1nc2c(C(=O)O)cccc2n1CC(C)N(C)C. The minimum absolute atomic E-state index is 0.272. The number of aryl methyl sites for hydroxylation is 1. The molecule has 0 saturated carbocycles. The molecule has 108 valence electrons. The average molecular weight is 275 g/mol. The lowest BCUT2D eigenvalue weighted by Crippen LogP contribution is -2.29. The molecule has 0 saturated heterocycles. The fraction of sp³-hybridized carbons (Fsp3) is 0.467. The summed E-state index contributed by atoms with van der Waals surface area (Å²) in [5, 5.41) is 9.27. The van der Waals surface area contributed by atoms with Crippen LogP contribution in [0.25, 0.3) is 11.0 Å². The molecule has 1 unspecified atom stereocenters. The lowest BCUT2D eigenvalue weighted by Gasteiger charge is -2.21. The molecule has 0 spiro atoms. The number of fused-ring (bicyclic) bond motifs is 1. The second kappa shape index (κ2) is 5.63. The predicted molar refractivity (Wildman–Crippen MR) is 79.2 cm³/mol. The number of para-hydroxylation sites is 1. The van der Waals surface area contributed by atoms with Crippen molar-refractivity contribution in [2.24, 2.45) is 0 Å². The van der Waals surface area contributed by atoms with Crippen LogP contribution in [-0.4, -0.2) is 45.7 Å². The Morgan fingerprint density at radius 1 is 1.45 bits per heavy atom. The molecule has 0 fully saturated rings. The van der Waals surface area contributed by atoms with E-state index in [-0.39, 0.29) is 5.56 Å². The van der Waals surface area contributed by atoms with Crippen molar-refractivity contribution in [2.45, 2.75) is 32.9 Å². The van der Waals surface area contributed by atoms with Gasteiger partial charge in [-0.15, -0.1) is 0 Å². The third-order valence-electron chi connectivity index (χ3n) is 3.73. The Morgan fingerprint density at radius 3 is 2.70 bits per heavy atom. The Labute approximate surface area is 118 Å². The molecule has 2 aromatic rings. The molecule has 20 heavy (non-hydrogen) atoms. The third kappa shape index (κ3) is 2.54.